The molecule has 1 aromatic rings. The van der Waals surface area contributed by atoms with Crippen LogP contribution < -0.4 is 11.1 Å². The molecule has 0 aromatic heterocycles. The normalized spacial score (nSPS) is 18.3. The number of carbonyl (C=O) groups is 1. The summed E-state index contributed by atoms with van der Waals surface area (Å²) in [6.07, 6.45) is 3.84. The average Bonchev–Trinajstić information content (AvgIpc) is 2.51. The Labute approximate surface area is 133 Å². The third-order valence-electron chi connectivity index (χ3n) is 3.94. The number of hydrogen-bond acceptors (Lipinski definition) is 3. The van der Waals surface area contributed by atoms with Crippen LogP contribution in [-0.2, 0) is 4.79 Å². The Bertz CT molecular complexity index is 569. The van der Waals surface area contributed by atoms with Gasteiger partial charge in [0.05, 0.1) is 15.7 Å². The lowest BCUT2D eigenvalue weighted by Crippen LogP contribution is -2.48. The molecule has 0 saturated heterocycles. The lowest BCUT2D eigenvalue weighted by Gasteiger charge is -2.34. The first-order chi connectivity index (χ1) is 10.0. The van der Waals surface area contributed by atoms with Crippen molar-refractivity contribution in [1.82, 2.24) is 0 Å². The molecule has 1 fully saturated rings. The van der Waals surface area contributed by atoms with Gasteiger partial charge in [-0.15, -0.1) is 0 Å². The summed E-state index contributed by atoms with van der Waals surface area (Å²) in [5.41, 5.74) is 5.22. The van der Waals surface area contributed by atoms with Crippen molar-refractivity contribution in [1.29, 1.82) is 0 Å². The Balaban J connectivity index is 2.29. The van der Waals surface area contributed by atoms with Crippen LogP contribution in [0.4, 0.5) is 5.69 Å². The molecule has 1 aliphatic carbocycles. The molecule has 7 heteroatoms. The van der Waals surface area contributed by atoms with Crippen LogP contribution in [0.15, 0.2) is 23.4 Å². The molecule has 1 saturated carbocycles. The third kappa shape index (κ3) is 3.09. The second kappa shape index (κ2) is 6.54. The van der Waals surface area contributed by atoms with Gasteiger partial charge < -0.3 is 16.3 Å². The average molecular weight is 330 g/mol. The molecular formula is C14H17Cl2N3O2. The van der Waals surface area contributed by atoms with E-state index in [1.807, 2.05) is 0 Å². The van der Waals surface area contributed by atoms with Gasteiger partial charge in [-0.3, -0.25) is 4.79 Å². The zero-order chi connectivity index (χ0) is 15.5. The van der Waals surface area contributed by atoms with Crippen LogP contribution in [0.25, 0.3) is 0 Å². The van der Waals surface area contributed by atoms with E-state index in [1.165, 1.54) is 0 Å². The number of carbonyl (C=O) groups excluding carboxylic acids is 1. The number of oxime groups is 1. The molecule has 0 radical (unpaired) electrons. The molecule has 2 rings (SSSR count). The summed E-state index contributed by atoms with van der Waals surface area (Å²) in [5, 5.41) is 15.4. The second-order valence-corrected chi connectivity index (χ2v) is 5.97. The fourth-order valence-electron chi connectivity index (χ4n) is 2.69. The van der Waals surface area contributed by atoms with Gasteiger partial charge in [0.25, 0.3) is 0 Å². The van der Waals surface area contributed by atoms with Crippen LogP contribution in [0.3, 0.4) is 0 Å². The maximum atomic E-state index is 12.7. The van der Waals surface area contributed by atoms with Gasteiger partial charge in [0, 0.05) is 0 Å². The lowest BCUT2D eigenvalue weighted by atomic mass is 9.72. The van der Waals surface area contributed by atoms with Crippen LogP contribution in [0.1, 0.15) is 32.1 Å². The second-order valence-electron chi connectivity index (χ2n) is 5.18. The van der Waals surface area contributed by atoms with Gasteiger partial charge >= 0.3 is 0 Å². The number of anilines is 1. The summed E-state index contributed by atoms with van der Waals surface area (Å²) in [5.74, 6) is -0.375. The minimum Gasteiger partial charge on any atom is -0.409 e. The number of rotatable bonds is 3. The highest BCUT2D eigenvalue weighted by Gasteiger charge is 2.44. The Hall–Kier alpha value is -1.46. The molecule has 0 bridgehead atoms. The monoisotopic (exact) mass is 329 g/mol. The summed E-state index contributed by atoms with van der Waals surface area (Å²) in [7, 11) is 0. The molecule has 1 amide bonds. The number of benzene rings is 1. The molecule has 0 atom stereocenters. The summed E-state index contributed by atoms with van der Waals surface area (Å²) in [6.45, 7) is 0. The predicted molar refractivity (Wildman–Crippen MR) is 84.0 cm³/mol. The van der Waals surface area contributed by atoms with Gasteiger partial charge in [-0.05, 0) is 25.0 Å². The zero-order valence-corrected chi connectivity index (χ0v) is 12.9. The summed E-state index contributed by atoms with van der Waals surface area (Å²) >= 11 is 12.0. The maximum absolute atomic E-state index is 12.7. The summed E-state index contributed by atoms with van der Waals surface area (Å²) in [4.78, 5) is 12.7. The van der Waals surface area contributed by atoms with Crippen molar-refractivity contribution in [2.45, 2.75) is 32.1 Å². The van der Waals surface area contributed by atoms with E-state index in [4.69, 9.17) is 34.1 Å². The van der Waals surface area contributed by atoms with Gasteiger partial charge in [-0.25, -0.2) is 0 Å². The van der Waals surface area contributed by atoms with Crippen molar-refractivity contribution in [3.63, 3.8) is 0 Å². The number of amidine groups is 1. The first kappa shape index (κ1) is 15.9. The molecule has 4 N–H and O–H groups in total. The number of halogens is 2. The van der Waals surface area contributed by atoms with Crippen LogP contribution in [0.2, 0.25) is 10.0 Å². The quantitative estimate of drug-likeness (QED) is 0.342. The number of hydrogen-bond donors (Lipinski definition) is 3. The minimum atomic E-state index is -0.987. The Kier molecular flexibility index (Phi) is 4.96. The molecule has 0 spiro atoms. The number of nitrogens with one attached hydrogen (secondary N) is 1. The van der Waals surface area contributed by atoms with E-state index in [0.717, 1.165) is 19.3 Å². The molecule has 1 aromatic carbocycles. The van der Waals surface area contributed by atoms with Crippen LogP contribution in [0, 0.1) is 5.41 Å². The zero-order valence-electron chi connectivity index (χ0n) is 11.4. The van der Waals surface area contributed by atoms with E-state index < -0.39 is 5.41 Å². The Morgan fingerprint density at radius 1 is 1.29 bits per heavy atom. The fraction of sp³-hybridized carbons (Fsp3) is 0.429. The summed E-state index contributed by atoms with van der Waals surface area (Å²) in [6, 6.07) is 5.00. The van der Waals surface area contributed by atoms with E-state index in [0.29, 0.717) is 23.6 Å². The predicted octanol–water partition coefficient (Wildman–Crippen LogP) is 3.63. The van der Waals surface area contributed by atoms with Crippen LogP contribution >= 0.6 is 23.2 Å². The molecular weight excluding hydrogens is 313 g/mol. The SMILES string of the molecule is NC(=NO)C1(C(=O)Nc2cccc(Cl)c2Cl)CCCCC1. The van der Waals surface area contributed by atoms with Crippen molar-refractivity contribution in [3.05, 3.63) is 28.2 Å². The largest absolute Gasteiger partial charge is 0.409 e. The van der Waals surface area contributed by atoms with E-state index >= 15 is 0 Å². The van der Waals surface area contributed by atoms with Gasteiger partial charge in [0.15, 0.2) is 5.84 Å². The van der Waals surface area contributed by atoms with Crippen molar-refractivity contribution in [3.8, 4) is 0 Å². The van der Waals surface area contributed by atoms with Crippen molar-refractivity contribution < 1.29 is 10.0 Å². The van der Waals surface area contributed by atoms with E-state index in [9.17, 15) is 4.79 Å². The van der Waals surface area contributed by atoms with Crippen LogP contribution in [0.5, 0.6) is 0 Å². The van der Waals surface area contributed by atoms with Crippen molar-refractivity contribution >= 4 is 40.6 Å². The van der Waals surface area contributed by atoms with Crippen molar-refractivity contribution in [2.75, 3.05) is 5.32 Å². The van der Waals surface area contributed by atoms with E-state index in [-0.39, 0.29) is 16.8 Å². The molecule has 21 heavy (non-hydrogen) atoms. The minimum absolute atomic E-state index is 0.0575. The highest BCUT2D eigenvalue weighted by Crippen LogP contribution is 2.39. The maximum Gasteiger partial charge on any atom is 0.238 e. The molecule has 5 nitrogen and oxygen atoms in total. The van der Waals surface area contributed by atoms with Crippen molar-refractivity contribution in [2.24, 2.45) is 16.3 Å². The first-order valence-corrected chi connectivity index (χ1v) is 7.50. The highest BCUT2D eigenvalue weighted by atomic mass is 35.5. The number of nitrogens with zero attached hydrogens (tertiary/aromatic N) is 1. The molecule has 0 aliphatic heterocycles. The summed E-state index contributed by atoms with van der Waals surface area (Å²) < 4.78 is 0. The fourth-order valence-corrected chi connectivity index (χ4v) is 3.04. The van der Waals surface area contributed by atoms with Gasteiger partial charge in [0.1, 0.15) is 5.41 Å². The standard InChI is InChI=1S/C14H17Cl2N3O2/c15-9-5-4-6-10(11(9)16)18-13(20)14(12(17)19-21)7-2-1-3-8-14/h4-6,21H,1-3,7-8H2,(H2,17,19)(H,18,20). The molecule has 1 aliphatic rings. The van der Waals surface area contributed by atoms with E-state index in [2.05, 4.69) is 10.5 Å². The Morgan fingerprint density at radius 2 is 1.95 bits per heavy atom. The van der Waals surface area contributed by atoms with Gasteiger partial charge in [-0.2, -0.15) is 0 Å². The molecule has 114 valence electrons. The van der Waals surface area contributed by atoms with Gasteiger partial charge in [0.2, 0.25) is 5.91 Å². The molecule has 0 unspecified atom stereocenters. The number of amides is 1. The lowest BCUT2D eigenvalue weighted by molar-refractivity contribution is -0.123. The third-order valence-corrected chi connectivity index (χ3v) is 4.76. The Morgan fingerprint density at radius 3 is 2.57 bits per heavy atom. The first-order valence-electron chi connectivity index (χ1n) is 6.75. The smallest absolute Gasteiger partial charge is 0.238 e. The van der Waals surface area contributed by atoms with E-state index in [1.54, 1.807) is 18.2 Å². The number of nitrogens with two attached hydrogens (primary N) is 1. The van der Waals surface area contributed by atoms with Crippen LogP contribution in [-0.4, -0.2) is 17.0 Å². The van der Waals surface area contributed by atoms with Gasteiger partial charge in [-0.1, -0.05) is 53.7 Å². The highest BCUT2D eigenvalue weighted by molar-refractivity contribution is 6.44. The topological polar surface area (TPSA) is 87.7 Å². The molecule has 0 heterocycles.